The van der Waals surface area contributed by atoms with Crippen LogP contribution in [-0.2, 0) is 25.6 Å². The molecular formula is C15H18N4O5S2. The van der Waals surface area contributed by atoms with Crippen molar-refractivity contribution in [2.75, 3.05) is 11.6 Å². The molecule has 11 heteroatoms. The fourth-order valence-electron chi connectivity index (χ4n) is 2.25. The molecule has 1 aromatic carbocycles. The van der Waals surface area contributed by atoms with Crippen molar-refractivity contribution in [1.29, 1.82) is 0 Å². The summed E-state index contributed by atoms with van der Waals surface area (Å²) < 4.78 is 49.8. The van der Waals surface area contributed by atoms with Crippen LogP contribution < -0.4 is 10.0 Å². The van der Waals surface area contributed by atoms with Crippen LogP contribution in [0.4, 0.5) is 10.7 Å². The summed E-state index contributed by atoms with van der Waals surface area (Å²) in [6.07, 6.45) is 0.994. The summed E-state index contributed by atoms with van der Waals surface area (Å²) in [4.78, 5) is 19.7. The highest BCUT2D eigenvalue weighted by Gasteiger charge is 2.23. The number of carbonyl (C=O) groups excluding carboxylic acids is 1. The number of anilines is 1. The Labute approximate surface area is 151 Å². The van der Waals surface area contributed by atoms with E-state index in [4.69, 9.17) is 0 Å². The molecule has 0 aliphatic heterocycles. The van der Waals surface area contributed by atoms with E-state index < -0.39 is 31.6 Å². The molecule has 26 heavy (non-hydrogen) atoms. The number of aryl methyl sites for hydroxylation is 2. The Hall–Kier alpha value is -2.53. The lowest BCUT2D eigenvalue weighted by Gasteiger charge is -2.11. The Bertz CT molecular complexity index is 1030. The van der Waals surface area contributed by atoms with Gasteiger partial charge in [-0.15, -0.1) is 0 Å². The third kappa shape index (κ3) is 5.49. The summed E-state index contributed by atoms with van der Waals surface area (Å²) in [5.41, 5.74) is 1.28. The predicted octanol–water partition coefficient (Wildman–Crippen LogP) is 1.15. The fourth-order valence-corrected chi connectivity index (χ4v) is 4.31. The molecule has 2 aromatic rings. The molecule has 0 atom stereocenters. The predicted molar refractivity (Wildman–Crippen MR) is 95.8 cm³/mol. The number of aromatic nitrogens is 2. The minimum atomic E-state index is -4.28. The summed E-state index contributed by atoms with van der Waals surface area (Å²) in [5, 5.41) is 2.25. The lowest BCUT2D eigenvalue weighted by molar-refractivity contribution is 0.256. The number of nitrogens with one attached hydrogen (secondary N) is 2. The van der Waals surface area contributed by atoms with E-state index in [1.807, 2.05) is 4.72 Å². The van der Waals surface area contributed by atoms with Crippen LogP contribution in [0.1, 0.15) is 17.0 Å². The highest BCUT2D eigenvalue weighted by atomic mass is 32.2. The van der Waals surface area contributed by atoms with Gasteiger partial charge in [-0.2, -0.15) is 0 Å². The standard InChI is InChI=1S/C15H18N4O5S2/c1-10-8-11(2)17-14(16-10)18-15(20)19-26(23,24)13-7-5-4-6-12(13)9-25(3,21)22/h4-8H,9H2,1-3H3,(H2,16,17,18,19,20). The summed E-state index contributed by atoms with van der Waals surface area (Å²) in [6.45, 7) is 3.41. The number of hydrogen-bond acceptors (Lipinski definition) is 7. The smallest absolute Gasteiger partial charge is 0.275 e. The van der Waals surface area contributed by atoms with Crippen molar-refractivity contribution in [3.63, 3.8) is 0 Å². The lowest BCUT2D eigenvalue weighted by Crippen LogP contribution is -2.35. The molecule has 0 spiro atoms. The number of hydrogen-bond donors (Lipinski definition) is 2. The van der Waals surface area contributed by atoms with Crippen molar-refractivity contribution in [2.45, 2.75) is 24.5 Å². The van der Waals surface area contributed by atoms with Crippen molar-refractivity contribution in [3.05, 3.63) is 47.3 Å². The second kappa shape index (κ2) is 7.38. The maximum atomic E-state index is 12.5. The minimum Gasteiger partial charge on any atom is -0.275 e. The number of carbonyl (C=O) groups is 1. The Morgan fingerprint density at radius 2 is 1.62 bits per heavy atom. The van der Waals surface area contributed by atoms with Crippen molar-refractivity contribution in [3.8, 4) is 0 Å². The number of nitrogens with zero attached hydrogens (tertiary/aromatic N) is 2. The van der Waals surface area contributed by atoms with Gasteiger partial charge in [-0.25, -0.2) is 36.3 Å². The zero-order valence-electron chi connectivity index (χ0n) is 14.3. The van der Waals surface area contributed by atoms with Crippen molar-refractivity contribution in [1.82, 2.24) is 14.7 Å². The summed E-state index contributed by atoms with van der Waals surface area (Å²) in [6, 6.07) is 6.20. The van der Waals surface area contributed by atoms with E-state index in [-0.39, 0.29) is 16.4 Å². The molecule has 2 rings (SSSR count). The van der Waals surface area contributed by atoms with Gasteiger partial charge < -0.3 is 0 Å². The first-order valence-corrected chi connectivity index (χ1v) is 10.9. The molecule has 2 N–H and O–H groups in total. The SMILES string of the molecule is Cc1cc(C)nc(NC(=O)NS(=O)(=O)c2ccccc2CS(C)(=O)=O)n1. The second-order valence-electron chi connectivity index (χ2n) is 5.71. The lowest BCUT2D eigenvalue weighted by atomic mass is 10.2. The number of urea groups is 1. The number of rotatable bonds is 5. The molecule has 2 amide bonds. The van der Waals surface area contributed by atoms with E-state index in [0.717, 1.165) is 6.26 Å². The number of benzene rings is 1. The van der Waals surface area contributed by atoms with Crippen LogP contribution in [0.15, 0.2) is 35.2 Å². The molecular weight excluding hydrogens is 380 g/mol. The Morgan fingerprint density at radius 1 is 1.04 bits per heavy atom. The molecule has 9 nitrogen and oxygen atoms in total. The monoisotopic (exact) mass is 398 g/mol. The topological polar surface area (TPSA) is 135 Å². The first-order chi connectivity index (χ1) is 12.0. The summed E-state index contributed by atoms with van der Waals surface area (Å²) in [7, 11) is -7.74. The van der Waals surface area contributed by atoms with E-state index >= 15 is 0 Å². The van der Waals surface area contributed by atoms with Gasteiger partial charge in [0.1, 0.15) is 0 Å². The van der Waals surface area contributed by atoms with Gasteiger partial charge in [-0.05, 0) is 31.5 Å². The molecule has 0 aliphatic carbocycles. The molecule has 0 aliphatic rings. The average Bonchev–Trinajstić information content (AvgIpc) is 2.43. The van der Waals surface area contributed by atoms with E-state index in [2.05, 4.69) is 15.3 Å². The van der Waals surface area contributed by atoms with Crippen molar-refractivity contribution < 1.29 is 21.6 Å². The van der Waals surface area contributed by atoms with Crippen LogP contribution in [0.5, 0.6) is 0 Å². The molecule has 1 aromatic heterocycles. The van der Waals surface area contributed by atoms with Crippen LogP contribution in [0.2, 0.25) is 0 Å². The van der Waals surface area contributed by atoms with Crippen molar-refractivity contribution >= 4 is 31.8 Å². The Balaban J connectivity index is 2.24. The number of sulfone groups is 1. The zero-order chi connectivity index (χ0) is 19.5. The number of amides is 2. The largest absolute Gasteiger partial charge is 0.335 e. The highest BCUT2D eigenvalue weighted by molar-refractivity contribution is 7.91. The molecule has 0 saturated carbocycles. The van der Waals surface area contributed by atoms with Crippen molar-refractivity contribution in [2.24, 2.45) is 0 Å². The van der Waals surface area contributed by atoms with Gasteiger partial charge >= 0.3 is 6.03 Å². The molecule has 0 saturated heterocycles. The van der Waals surface area contributed by atoms with Gasteiger partial charge in [0, 0.05) is 17.6 Å². The van der Waals surface area contributed by atoms with Gasteiger partial charge in [0.05, 0.1) is 10.6 Å². The molecule has 0 bridgehead atoms. The third-order valence-electron chi connectivity index (χ3n) is 3.11. The molecule has 0 fully saturated rings. The fraction of sp³-hybridized carbons (Fsp3) is 0.267. The van der Waals surface area contributed by atoms with E-state index in [0.29, 0.717) is 11.4 Å². The Kier molecular flexibility index (Phi) is 5.62. The third-order valence-corrected chi connectivity index (χ3v) is 5.38. The van der Waals surface area contributed by atoms with Gasteiger partial charge in [-0.1, -0.05) is 18.2 Å². The van der Waals surface area contributed by atoms with Gasteiger partial charge in [0.2, 0.25) is 5.95 Å². The molecule has 1 heterocycles. The summed E-state index contributed by atoms with van der Waals surface area (Å²) >= 11 is 0. The number of sulfonamides is 1. The van der Waals surface area contributed by atoms with Gasteiger partial charge in [-0.3, -0.25) is 5.32 Å². The molecule has 0 radical (unpaired) electrons. The van der Waals surface area contributed by atoms with E-state index in [1.54, 1.807) is 19.9 Å². The van der Waals surface area contributed by atoms with Crippen LogP contribution in [0.25, 0.3) is 0 Å². The van der Waals surface area contributed by atoms with Crippen LogP contribution >= 0.6 is 0 Å². The molecule has 0 unspecified atom stereocenters. The van der Waals surface area contributed by atoms with E-state index in [1.165, 1.54) is 24.3 Å². The van der Waals surface area contributed by atoms with Crippen LogP contribution in [-0.4, -0.2) is 39.1 Å². The van der Waals surface area contributed by atoms with E-state index in [9.17, 15) is 21.6 Å². The minimum absolute atomic E-state index is 0.0420. The average molecular weight is 398 g/mol. The first kappa shape index (κ1) is 19.8. The normalized spacial score (nSPS) is 11.8. The second-order valence-corrected chi connectivity index (χ2v) is 9.50. The molecule has 140 valence electrons. The zero-order valence-corrected chi connectivity index (χ0v) is 16.0. The van der Waals surface area contributed by atoms with Gasteiger partial charge in [0.15, 0.2) is 9.84 Å². The van der Waals surface area contributed by atoms with Crippen LogP contribution in [0.3, 0.4) is 0 Å². The first-order valence-electron chi connectivity index (χ1n) is 7.38. The quantitative estimate of drug-likeness (QED) is 0.771. The Morgan fingerprint density at radius 3 is 2.19 bits per heavy atom. The summed E-state index contributed by atoms with van der Waals surface area (Å²) in [5.74, 6) is -0.508. The maximum absolute atomic E-state index is 12.5. The highest BCUT2D eigenvalue weighted by Crippen LogP contribution is 2.18. The van der Waals surface area contributed by atoms with Crippen LogP contribution in [0, 0.1) is 13.8 Å². The van der Waals surface area contributed by atoms with Gasteiger partial charge in [0.25, 0.3) is 10.0 Å². The maximum Gasteiger partial charge on any atom is 0.335 e.